The van der Waals surface area contributed by atoms with Crippen LogP contribution >= 0.6 is 0 Å². The Morgan fingerprint density at radius 3 is 2.17 bits per heavy atom. The third-order valence-electron chi connectivity index (χ3n) is 0.348. The highest BCUT2D eigenvalue weighted by molar-refractivity contribution is 5.06. The zero-order valence-electron chi connectivity index (χ0n) is 3.99. The van der Waals surface area contributed by atoms with Gasteiger partial charge < -0.3 is 0 Å². The molecule has 0 aliphatic carbocycles. The molecule has 0 heteroatoms. The first-order chi connectivity index (χ1) is 2.56. The van der Waals surface area contributed by atoms with E-state index in [-0.39, 0.29) is 0 Å². The molecule has 0 unspecified atom stereocenters. The molecule has 0 bridgehead atoms. The van der Waals surface area contributed by atoms with Gasteiger partial charge in [-0.1, -0.05) is 5.92 Å². The molecule has 0 atom stereocenters. The highest BCUT2D eigenvalue weighted by Gasteiger charge is 2.11. The molecule has 1 radical (unpaired) electrons. The van der Waals surface area contributed by atoms with Gasteiger partial charge in [0.25, 0.3) is 0 Å². The predicted octanol–water partition coefficient (Wildman–Crippen LogP) is 1.29. The summed E-state index contributed by atoms with van der Waals surface area (Å²) in [5.74, 6) is 2.38. The summed E-state index contributed by atoms with van der Waals surface area (Å²) in [5.41, 5.74) is -0.431. The van der Waals surface area contributed by atoms with Crippen LogP contribution in [0.2, 0.25) is 0 Å². The van der Waals surface area contributed by atoms with Crippen LogP contribution in [0.25, 0.3) is 0 Å². The molecule has 0 nitrogen and oxygen atoms in total. The lowest BCUT2D eigenvalue weighted by molar-refractivity contribution is 0.740. The summed E-state index contributed by atoms with van der Waals surface area (Å²) in [5, 5.41) is 0. The quantitative estimate of drug-likeness (QED) is 0.304. The van der Waals surface area contributed by atoms with Crippen LogP contribution in [0, 0.1) is 31.6 Å². The number of rotatable bonds is 0. The summed E-state index contributed by atoms with van der Waals surface area (Å²) in [6.07, 6.45) is 4.93. The third-order valence-corrected chi connectivity index (χ3v) is 0.348. The van der Waals surface area contributed by atoms with Gasteiger partial charge in [-0.15, -0.1) is 6.42 Å². The minimum atomic E-state index is -0.431. The molecule has 0 spiro atoms. The zero-order chi connectivity index (χ0) is 5.21. The van der Waals surface area contributed by atoms with Crippen molar-refractivity contribution >= 4 is 0 Å². The Hall–Kier alpha value is -0.570. The van der Waals surface area contributed by atoms with Crippen LogP contribution in [-0.4, -0.2) is 0 Å². The molecule has 0 N–H and O–H groups in total. The maximum atomic E-state index is 4.93. The third kappa shape index (κ3) is 3.43. The first kappa shape index (κ1) is 5.43. The van der Waals surface area contributed by atoms with Gasteiger partial charge in [-0.05, 0) is 6.92 Å². The molecule has 0 amide bonds. The van der Waals surface area contributed by atoms with Crippen LogP contribution < -0.4 is 0 Å². The first-order valence-electron chi connectivity index (χ1n) is 1.75. The van der Waals surface area contributed by atoms with Crippen molar-refractivity contribution in [3.63, 3.8) is 0 Å². The fourth-order valence-electron chi connectivity index (χ4n) is 0. The van der Waals surface area contributed by atoms with Crippen LogP contribution in [-0.2, 0) is 0 Å². The van der Waals surface area contributed by atoms with Crippen molar-refractivity contribution in [3.05, 3.63) is 13.8 Å². The van der Waals surface area contributed by atoms with E-state index in [1.165, 1.54) is 0 Å². The van der Waals surface area contributed by atoms with Crippen molar-refractivity contribution in [1.29, 1.82) is 0 Å². The summed E-state index contributed by atoms with van der Waals surface area (Å²) in [7, 11) is 0. The van der Waals surface area contributed by atoms with E-state index in [9.17, 15) is 0 Å². The molecule has 0 aromatic rings. The SMILES string of the molecule is C#CC([CH2])([CH2+])C. The molecule has 0 aromatic carbocycles. The van der Waals surface area contributed by atoms with Gasteiger partial charge in [-0.3, -0.25) is 0 Å². The normalized spacial score (nSPS) is 10.2. The second-order valence-electron chi connectivity index (χ2n) is 1.70. The minimum Gasteiger partial charge on any atom is -0.115 e. The monoisotopic (exact) mass is 80.1 g/mol. The fraction of sp³-hybridized carbons (Fsp3) is 0.333. The van der Waals surface area contributed by atoms with Crippen molar-refractivity contribution < 1.29 is 0 Å². The average molecular weight is 80.1 g/mol. The molecule has 0 saturated heterocycles. The van der Waals surface area contributed by atoms with Crippen LogP contribution in [0.5, 0.6) is 0 Å². The molecule has 31 valence electrons. The van der Waals surface area contributed by atoms with Gasteiger partial charge in [-0.2, -0.15) is 0 Å². The lowest BCUT2D eigenvalue weighted by atomic mass is 9.99. The molecule has 0 aliphatic heterocycles. The molecule has 0 saturated carbocycles. The van der Waals surface area contributed by atoms with E-state index in [2.05, 4.69) is 19.8 Å². The number of terminal acetylenes is 1. The standard InChI is InChI=1S/C6H8/c1-5-6(2,3)4/h1H,2-3H2,4H3/q+1. The smallest absolute Gasteiger partial charge is 0.115 e. The number of hydrogen-bond acceptors (Lipinski definition) is 0. The average Bonchev–Trinajstić information content (AvgIpc) is 1.35. The summed E-state index contributed by atoms with van der Waals surface area (Å²) in [4.78, 5) is 0. The Morgan fingerprint density at radius 1 is 2.00 bits per heavy atom. The predicted molar refractivity (Wildman–Crippen MR) is 27.7 cm³/mol. The van der Waals surface area contributed by atoms with Crippen molar-refractivity contribution in [3.8, 4) is 12.3 Å². The van der Waals surface area contributed by atoms with Crippen LogP contribution in [0.15, 0.2) is 0 Å². The maximum Gasteiger partial charge on any atom is 0.162 e. The maximum absolute atomic E-state index is 4.93. The van der Waals surface area contributed by atoms with Crippen molar-refractivity contribution in [2.75, 3.05) is 0 Å². The molecule has 0 aliphatic rings. The summed E-state index contributed by atoms with van der Waals surface area (Å²) < 4.78 is 0. The van der Waals surface area contributed by atoms with Crippen LogP contribution in [0.4, 0.5) is 0 Å². The lowest BCUT2D eigenvalue weighted by Gasteiger charge is -1.94. The van der Waals surface area contributed by atoms with Crippen molar-refractivity contribution in [1.82, 2.24) is 0 Å². The molecular formula is C6H8+. The zero-order valence-corrected chi connectivity index (χ0v) is 3.99. The molecule has 0 rings (SSSR count). The largest absolute Gasteiger partial charge is 0.162 e. The van der Waals surface area contributed by atoms with Gasteiger partial charge in [0.15, 0.2) is 5.41 Å². The van der Waals surface area contributed by atoms with E-state index >= 15 is 0 Å². The van der Waals surface area contributed by atoms with Gasteiger partial charge in [0.2, 0.25) is 0 Å². The van der Waals surface area contributed by atoms with Crippen molar-refractivity contribution in [2.45, 2.75) is 6.92 Å². The van der Waals surface area contributed by atoms with Crippen LogP contribution in [0.3, 0.4) is 0 Å². The van der Waals surface area contributed by atoms with E-state index in [1.807, 2.05) is 0 Å². The second kappa shape index (κ2) is 1.26. The Kier molecular flexibility index (Phi) is 1.14. The second-order valence-corrected chi connectivity index (χ2v) is 1.70. The van der Waals surface area contributed by atoms with Gasteiger partial charge in [0, 0.05) is 6.92 Å². The Bertz CT molecular complexity index is 67.0. The Balaban J connectivity index is 3.55. The first-order valence-corrected chi connectivity index (χ1v) is 1.75. The molecule has 0 heterocycles. The van der Waals surface area contributed by atoms with Gasteiger partial charge in [0.1, 0.15) is 0 Å². The summed E-state index contributed by atoms with van der Waals surface area (Å²) in [6, 6.07) is 0. The lowest BCUT2D eigenvalue weighted by Crippen LogP contribution is -1.98. The highest BCUT2D eigenvalue weighted by atomic mass is 14.0. The number of hydrogen-bond donors (Lipinski definition) is 0. The Morgan fingerprint density at radius 2 is 2.17 bits per heavy atom. The molecule has 0 fully saturated rings. The van der Waals surface area contributed by atoms with E-state index in [4.69, 9.17) is 6.42 Å². The van der Waals surface area contributed by atoms with Gasteiger partial charge in [0.05, 0.1) is 6.92 Å². The molecule has 0 aromatic heterocycles. The minimum absolute atomic E-state index is 0.431. The van der Waals surface area contributed by atoms with E-state index in [0.29, 0.717) is 0 Å². The molecular weight excluding hydrogens is 72.1 g/mol. The Labute approximate surface area is 39.6 Å². The summed E-state index contributed by atoms with van der Waals surface area (Å²) >= 11 is 0. The highest BCUT2D eigenvalue weighted by Crippen LogP contribution is 2.06. The van der Waals surface area contributed by atoms with Gasteiger partial charge >= 0.3 is 0 Å². The molecule has 6 heavy (non-hydrogen) atoms. The van der Waals surface area contributed by atoms with E-state index in [1.54, 1.807) is 6.92 Å². The summed E-state index contributed by atoms with van der Waals surface area (Å²) in [6.45, 7) is 8.87. The van der Waals surface area contributed by atoms with E-state index in [0.717, 1.165) is 0 Å². The van der Waals surface area contributed by atoms with Gasteiger partial charge in [-0.25, -0.2) is 0 Å². The van der Waals surface area contributed by atoms with Crippen molar-refractivity contribution in [2.24, 2.45) is 5.41 Å². The topological polar surface area (TPSA) is 0 Å². The van der Waals surface area contributed by atoms with E-state index < -0.39 is 5.41 Å². The fourth-order valence-corrected chi connectivity index (χ4v) is 0. The van der Waals surface area contributed by atoms with Crippen LogP contribution in [0.1, 0.15) is 6.92 Å².